The van der Waals surface area contributed by atoms with Crippen LogP contribution >= 0.6 is 11.6 Å². The third-order valence-electron chi connectivity index (χ3n) is 5.07. The molecule has 0 bridgehead atoms. The number of nitrogens with zero attached hydrogens (tertiary/aromatic N) is 3. The molecule has 28 heavy (non-hydrogen) atoms. The molecule has 8 heteroatoms. The van der Waals surface area contributed by atoms with Gasteiger partial charge < -0.3 is 10.6 Å². The van der Waals surface area contributed by atoms with E-state index in [1.165, 1.54) is 6.33 Å². The summed E-state index contributed by atoms with van der Waals surface area (Å²) in [6.45, 7) is 0.599. The standard InChI is InChI=1S/C20H18ClN5O2/c21-16-7-1-13(2-8-16)9-20(19(22)28)10-26(11-20)18(27)15-5-3-14(4-6-15)17-23-12-24-25-17/h1-8,12H,9-11H2,(H2,22,28)(H,23,24,25). The average Bonchev–Trinajstić information content (AvgIpc) is 3.20. The van der Waals surface area contributed by atoms with E-state index in [0.717, 1.165) is 11.1 Å². The van der Waals surface area contributed by atoms with Crippen LogP contribution in [0.5, 0.6) is 0 Å². The highest BCUT2D eigenvalue weighted by Crippen LogP contribution is 2.35. The van der Waals surface area contributed by atoms with Crippen molar-refractivity contribution in [3.63, 3.8) is 0 Å². The van der Waals surface area contributed by atoms with Gasteiger partial charge in [-0.1, -0.05) is 35.9 Å². The molecular weight excluding hydrogens is 378 g/mol. The average molecular weight is 396 g/mol. The van der Waals surface area contributed by atoms with Crippen LogP contribution in [0.4, 0.5) is 0 Å². The van der Waals surface area contributed by atoms with Crippen LogP contribution in [0.25, 0.3) is 11.4 Å². The number of likely N-dealkylation sites (tertiary alicyclic amines) is 1. The van der Waals surface area contributed by atoms with Gasteiger partial charge in [-0.15, -0.1) is 0 Å². The van der Waals surface area contributed by atoms with Crippen LogP contribution in [-0.4, -0.2) is 45.0 Å². The number of halogens is 1. The Balaban J connectivity index is 1.45. The molecule has 1 aliphatic rings. The second kappa shape index (κ2) is 7.09. The fourth-order valence-corrected chi connectivity index (χ4v) is 3.60. The summed E-state index contributed by atoms with van der Waals surface area (Å²) < 4.78 is 0. The molecule has 3 N–H and O–H groups in total. The lowest BCUT2D eigenvalue weighted by atomic mass is 9.74. The quantitative estimate of drug-likeness (QED) is 0.691. The predicted octanol–water partition coefficient (Wildman–Crippen LogP) is 2.30. The molecule has 1 aliphatic heterocycles. The van der Waals surface area contributed by atoms with E-state index in [1.807, 2.05) is 24.3 Å². The van der Waals surface area contributed by atoms with E-state index in [0.29, 0.717) is 35.9 Å². The number of nitrogens with one attached hydrogen (secondary N) is 1. The molecule has 0 unspecified atom stereocenters. The molecule has 1 saturated heterocycles. The first-order chi connectivity index (χ1) is 13.5. The number of carbonyl (C=O) groups is 2. The Kier molecular flexibility index (Phi) is 4.60. The van der Waals surface area contributed by atoms with Crippen molar-refractivity contribution < 1.29 is 9.59 Å². The molecule has 2 heterocycles. The fourth-order valence-electron chi connectivity index (χ4n) is 3.47. The van der Waals surface area contributed by atoms with E-state index in [4.69, 9.17) is 17.3 Å². The lowest BCUT2D eigenvalue weighted by Crippen LogP contribution is -2.64. The highest BCUT2D eigenvalue weighted by Gasteiger charge is 2.49. The van der Waals surface area contributed by atoms with Crippen LogP contribution in [-0.2, 0) is 11.2 Å². The Bertz CT molecular complexity index is 994. The molecule has 0 radical (unpaired) electrons. The Morgan fingerprint density at radius 3 is 2.36 bits per heavy atom. The number of rotatable bonds is 5. The maximum Gasteiger partial charge on any atom is 0.253 e. The summed E-state index contributed by atoms with van der Waals surface area (Å²) in [6, 6.07) is 14.4. The van der Waals surface area contributed by atoms with Gasteiger partial charge in [-0.25, -0.2) is 4.98 Å². The minimum Gasteiger partial charge on any atom is -0.369 e. The van der Waals surface area contributed by atoms with Gasteiger partial charge in [0, 0.05) is 29.2 Å². The van der Waals surface area contributed by atoms with Crippen molar-refractivity contribution in [2.45, 2.75) is 6.42 Å². The maximum absolute atomic E-state index is 12.8. The lowest BCUT2D eigenvalue weighted by Gasteiger charge is -2.48. The smallest absolute Gasteiger partial charge is 0.253 e. The predicted molar refractivity (Wildman–Crippen MR) is 105 cm³/mol. The van der Waals surface area contributed by atoms with Gasteiger partial charge in [0.05, 0.1) is 5.41 Å². The SMILES string of the molecule is NC(=O)C1(Cc2ccc(Cl)cc2)CN(C(=O)c2ccc(-c3ncn[nH]3)cc2)C1. The third kappa shape index (κ3) is 3.36. The van der Waals surface area contributed by atoms with Crippen LogP contribution in [0.15, 0.2) is 54.9 Å². The van der Waals surface area contributed by atoms with Crippen molar-refractivity contribution in [1.29, 1.82) is 0 Å². The molecule has 142 valence electrons. The minimum absolute atomic E-state index is 0.128. The van der Waals surface area contributed by atoms with Crippen molar-refractivity contribution in [2.24, 2.45) is 11.1 Å². The number of aromatic nitrogens is 3. The number of carbonyl (C=O) groups excluding carboxylic acids is 2. The Morgan fingerprint density at radius 1 is 1.11 bits per heavy atom. The second-order valence-corrected chi connectivity index (χ2v) is 7.46. The van der Waals surface area contributed by atoms with Crippen molar-refractivity contribution in [3.05, 3.63) is 71.0 Å². The Hall–Kier alpha value is -3.19. The Labute approximate surface area is 166 Å². The minimum atomic E-state index is -0.747. The third-order valence-corrected chi connectivity index (χ3v) is 5.33. The van der Waals surface area contributed by atoms with Crippen LogP contribution in [0.2, 0.25) is 5.02 Å². The molecule has 1 aromatic heterocycles. The van der Waals surface area contributed by atoms with Crippen LogP contribution in [0.1, 0.15) is 15.9 Å². The number of benzene rings is 2. The summed E-state index contributed by atoms with van der Waals surface area (Å²) in [7, 11) is 0. The first kappa shape index (κ1) is 18.2. The zero-order valence-corrected chi connectivity index (χ0v) is 15.7. The number of H-pyrrole nitrogens is 1. The molecule has 2 amide bonds. The topological polar surface area (TPSA) is 105 Å². The summed E-state index contributed by atoms with van der Waals surface area (Å²) in [6.07, 6.45) is 1.91. The summed E-state index contributed by atoms with van der Waals surface area (Å²) in [4.78, 5) is 30.6. The molecule has 0 spiro atoms. The van der Waals surface area contributed by atoms with E-state index in [1.54, 1.807) is 29.2 Å². The van der Waals surface area contributed by atoms with E-state index in [9.17, 15) is 9.59 Å². The molecule has 2 aromatic carbocycles. The van der Waals surface area contributed by atoms with Crippen LogP contribution < -0.4 is 5.73 Å². The van der Waals surface area contributed by atoms with Gasteiger partial charge in [-0.05, 0) is 36.2 Å². The molecule has 0 saturated carbocycles. The summed E-state index contributed by atoms with van der Waals surface area (Å²) >= 11 is 5.92. The Morgan fingerprint density at radius 2 is 1.79 bits per heavy atom. The highest BCUT2D eigenvalue weighted by molar-refractivity contribution is 6.30. The van der Waals surface area contributed by atoms with E-state index in [2.05, 4.69) is 15.2 Å². The molecule has 3 aromatic rings. The van der Waals surface area contributed by atoms with Crippen molar-refractivity contribution in [3.8, 4) is 11.4 Å². The molecular formula is C20H18ClN5O2. The summed E-state index contributed by atoms with van der Waals surface area (Å²) in [5.41, 5.74) is 7.27. The van der Waals surface area contributed by atoms with Gasteiger partial charge in [-0.3, -0.25) is 14.7 Å². The van der Waals surface area contributed by atoms with Gasteiger partial charge >= 0.3 is 0 Å². The highest BCUT2D eigenvalue weighted by atomic mass is 35.5. The van der Waals surface area contributed by atoms with Crippen LogP contribution in [0, 0.1) is 5.41 Å². The number of nitrogens with two attached hydrogens (primary N) is 1. The van der Waals surface area contributed by atoms with Gasteiger partial charge in [0.2, 0.25) is 5.91 Å². The zero-order chi connectivity index (χ0) is 19.7. The zero-order valence-electron chi connectivity index (χ0n) is 14.9. The molecule has 4 rings (SSSR count). The monoisotopic (exact) mass is 395 g/mol. The summed E-state index contributed by atoms with van der Waals surface area (Å²) in [5.74, 6) is 0.114. The van der Waals surface area contributed by atoms with Crippen LogP contribution in [0.3, 0.4) is 0 Å². The maximum atomic E-state index is 12.8. The number of aromatic amines is 1. The molecule has 0 atom stereocenters. The van der Waals surface area contributed by atoms with Crippen molar-refractivity contribution in [2.75, 3.05) is 13.1 Å². The largest absolute Gasteiger partial charge is 0.369 e. The molecule has 0 aliphatic carbocycles. The molecule has 7 nitrogen and oxygen atoms in total. The number of hydrogen-bond donors (Lipinski definition) is 2. The first-order valence-electron chi connectivity index (χ1n) is 8.76. The normalized spacial score (nSPS) is 15.1. The first-order valence-corrected chi connectivity index (χ1v) is 9.14. The fraction of sp³-hybridized carbons (Fsp3) is 0.200. The molecule has 1 fully saturated rings. The number of amides is 2. The number of hydrogen-bond acceptors (Lipinski definition) is 4. The summed E-state index contributed by atoms with van der Waals surface area (Å²) in [5, 5.41) is 7.23. The van der Waals surface area contributed by atoms with Crippen molar-refractivity contribution >= 4 is 23.4 Å². The van der Waals surface area contributed by atoms with Gasteiger partial charge in [0.15, 0.2) is 5.82 Å². The second-order valence-electron chi connectivity index (χ2n) is 7.02. The van der Waals surface area contributed by atoms with Gasteiger partial charge in [0.25, 0.3) is 5.91 Å². The van der Waals surface area contributed by atoms with E-state index in [-0.39, 0.29) is 5.91 Å². The van der Waals surface area contributed by atoms with E-state index >= 15 is 0 Å². The van der Waals surface area contributed by atoms with Crippen molar-refractivity contribution in [1.82, 2.24) is 20.1 Å². The lowest BCUT2D eigenvalue weighted by molar-refractivity contribution is -0.135. The van der Waals surface area contributed by atoms with E-state index < -0.39 is 11.3 Å². The van der Waals surface area contributed by atoms with Gasteiger partial charge in [0.1, 0.15) is 6.33 Å². The van der Waals surface area contributed by atoms with Gasteiger partial charge in [-0.2, -0.15) is 5.10 Å². The number of primary amides is 1.